The van der Waals surface area contributed by atoms with Gasteiger partial charge in [0.05, 0.1) is 13.2 Å². The summed E-state index contributed by atoms with van der Waals surface area (Å²) in [5.74, 6) is 1.03. The first kappa shape index (κ1) is 13.9. The highest BCUT2D eigenvalue weighted by Crippen LogP contribution is 2.42. The van der Waals surface area contributed by atoms with Gasteiger partial charge in [-0.2, -0.15) is 0 Å². The quantitative estimate of drug-likeness (QED) is 0.915. The number of aliphatic hydroxyl groups is 1. The molecule has 1 N–H and O–H groups in total. The Hall–Kier alpha value is -2.07. The molecule has 0 aromatic heterocycles. The molecule has 2 aromatic rings. The van der Waals surface area contributed by atoms with Gasteiger partial charge in [0.2, 0.25) is 0 Å². The van der Waals surface area contributed by atoms with Crippen LogP contribution in [-0.2, 0) is 0 Å². The van der Waals surface area contributed by atoms with Gasteiger partial charge in [0.25, 0.3) is 0 Å². The molecule has 2 aromatic carbocycles. The van der Waals surface area contributed by atoms with Crippen LogP contribution in [-0.4, -0.2) is 12.2 Å². The average molecular weight is 288 g/mol. The molecule has 1 aliphatic rings. The Morgan fingerprint density at radius 1 is 1.24 bits per heavy atom. The maximum atomic E-state index is 13.7. The molecule has 0 spiro atoms. The van der Waals surface area contributed by atoms with Gasteiger partial charge in [0.15, 0.2) is 0 Å². The van der Waals surface area contributed by atoms with E-state index < -0.39 is 6.10 Å². The predicted octanol–water partition coefficient (Wildman–Crippen LogP) is 3.70. The lowest BCUT2D eigenvalue weighted by molar-refractivity contribution is 0.0653. The van der Waals surface area contributed by atoms with Crippen molar-refractivity contribution in [3.63, 3.8) is 0 Å². The topological polar surface area (TPSA) is 38.7 Å². The van der Waals surface area contributed by atoms with Gasteiger partial charge in [-0.15, -0.1) is 0 Å². The highest BCUT2D eigenvalue weighted by Gasteiger charge is 2.28. The number of halogens is 1. The highest BCUT2D eigenvalue weighted by molar-refractivity contribution is 5.44. The Morgan fingerprint density at radius 2 is 2.05 bits per heavy atom. The number of methoxy groups -OCH3 is 1. The fourth-order valence-electron chi connectivity index (χ4n) is 2.57. The number of aliphatic hydroxyl groups excluding tert-OH is 1. The summed E-state index contributed by atoms with van der Waals surface area (Å²) in [5.41, 5.74) is 2.04. The normalized spacial score (nSPS) is 20.6. The summed E-state index contributed by atoms with van der Waals surface area (Å²) in [6, 6.07) is 10.4. The van der Waals surface area contributed by atoms with E-state index in [2.05, 4.69) is 0 Å². The Bertz CT molecular complexity index is 669. The fourth-order valence-corrected chi connectivity index (χ4v) is 2.57. The number of rotatable bonds is 2. The van der Waals surface area contributed by atoms with E-state index in [1.807, 2.05) is 6.07 Å². The van der Waals surface area contributed by atoms with E-state index in [4.69, 9.17) is 9.47 Å². The molecular formula is C17H17FO3. The number of fused-ring (bicyclic) bond motifs is 1. The third kappa shape index (κ3) is 2.59. The summed E-state index contributed by atoms with van der Waals surface area (Å²) in [6.45, 7) is 1.72. The molecule has 1 heterocycles. The number of aryl methyl sites for hydroxylation is 1. The number of benzene rings is 2. The second kappa shape index (κ2) is 5.37. The third-order valence-corrected chi connectivity index (χ3v) is 3.85. The van der Waals surface area contributed by atoms with Crippen molar-refractivity contribution < 1.29 is 19.0 Å². The van der Waals surface area contributed by atoms with Crippen LogP contribution >= 0.6 is 0 Å². The first-order valence-electron chi connectivity index (χ1n) is 6.87. The Kier molecular flexibility index (Phi) is 3.55. The van der Waals surface area contributed by atoms with Crippen molar-refractivity contribution in [3.8, 4) is 11.5 Å². The number of ether oxygens (including phenoxy) is 2. The molecule has 0 radical (unpaired) electrons. The minimum absolute atomic E-state index is 0.258. The second-order valence-corrected chi connectivity index (χ2v) is 5.27. The molecule has 0 fully saturated rings. The van der Waals surface area contributed by atoms with E-state index in [0.29, 0.717) is 29.0 Å². The zero-order valence-electron chi connectivity index (χ0n) is 12.0. The van der Waals surface area contributed by atoms with E-state index in [9.17, 15) is 9.50 Å². The van der Waals surface area contributed by atoms with Crippen LogP contribution < -0.4 is 9.47 Å². The van der Waals surface area contributed by atoms with Gasteiger partial charge < -0.3 is 14.6 Å². The van der Waals surface area contributed by atoms with E-state index in [1.165, 1.54) is 6.07 Å². The van der Waals surface area contributed by atoms with Crippen LogP contribution in [0.3, 0.4) is 0 Å². The second-order valence-electron chi connectivity index (χ2n) is 5.27. The standard InChI is InChI=1S/C17H17FO3/c1-10-3-4-11(7-14(10)18)17-9-15(19)13-8-12(20-2)5-6-16(13)21-17/h3-8,15,17,19H,9H2,1-2H3/t15-,17?/m0/s1. The Labute approximate surface area is 122 Å². The first-order chi connectivity index (χ1) is 10.1. The molecule has 1 unspecified atom stereocenters. The largest absolute Gasteiger partial charge is 0.497 e. The van der Waals surface area contributed by atoms with E-state index >= 15 is 0 Å². The summed E-state index contributed by atoms with van der Waals surface area (Å²) in [7, 11) is 1.58. The highest BCUT2D eigenvalue weighted by atomic mass is 19.1. The molecule has 21 heavy (non-hydrogen) atoms. The average Bonchev–Trinajstić information content (AvgIpc) is 2.49. The van der Waals surface area contributed by atoms with Crippen LogP contribution in [0.25, 0.3) is 0 Å². The smallest absolute Gasteiger partial charge is 0.127 e. The van der Waals surface area contributed by atoms with Crippen molar-refractivity contribution in [3.05, 3.63) is 58.9 Å². The molecule has 1 aliphatic heterocycles. The van der Waals surface area contributed by atoms with Crippen LogP contribution in [0.15, 0.2) is 36.4 Å². The molecule has 0 amide bonds. The van der Waals surface area contributed by atoms with Crippen molar-refractivity contribution >= 4 is 0 Å². The summed E-state index contributed by atoms with van der Waals surface area (Å²) >= 11 is 0. The van der Waals surface area contributed by atoms with Crippen LogP contribution in [0.1, 0.15) is 35.3 Å². The zero-order chi connectivity index (χ0) is 15.0. The molecule has 0 bridgehead atoms. The fraction of sp³-hybridized carbons (Fsp3) is 0.294. The number of hydrogen-bond donors (Lipinski definition) is 1. The lowest BCUT2D eigenvalue weighted by atomic mass is 9.94. The maximum Gasteiger partial charge on any atom is 0.127 e. The van der Waals surface area contributed by atoms with Gasteiger partial charge in [-0.25, -0.2) is 4.39 Å². The Balaban J connectivity index is 1.92. The van der Waals surface area contributed by atoms with Crippen molar-refractivity contribution in [1.29, 1.82) is 0 Å². The zero-order valence-corrected chi connectivity index (χ0v) is 12.0. The molecule has 0 aliphatic carbocycles. The number of hydrogen-bond acceptors (Lipinski definition) is 3. The predicted molar refractivity (Wildman–Crippen MR) is 77.1 cm³/mol. The third-order valence-electron chi connectivity index (χ3n) is 3.85. The molecule has 0 saturated carbocycles. The minimum atomic E-state index is -0.654. The van der Waals surface area contributed by atoms with E-state index in [-0.39, 0.29) is 11.9 Å². The van der Waals surface area contributed by atoms with Crippen LogP contribution in [0.5, 0.6) is 11.5 Å². The van der Waals surface area contributed by atoms with Crippen LogP contribution in [0.4, 0.5) is 4.39 Å². The lowest BCUT2D eigenvalue weighted by Gasteiger charge is -2.30. The molecule has 2 atom stereocenters. The van der Waals surface area contributed by atoms with Crippen LogP contribution in [0.2, 0.25) is 0 Å². The van der Waals surface area contributed by atoms with Gasteiger partial charge in [-0.1, -0.05) is 12.1 Å². The lowest BCUT2D eigenvalue weighted by Crippen LogP contribution is -2.19. The molecule has 0 saturated heterocycles. The summed E-state index contributed by atoms with van der Waals surface area (Å²) in [5, 5.41) is 10.3. The van der Waals surface area contributed by atoms with Gasteiger partial charge in [0.1, 0.15) is 23.4 Å². The van der Waals surface area contributed by atoms with Crippen molar-refractivity contribution in [1.82, 2.24) is 0 Å². The van der Waals surface area contributed by atoms with Gasteiger partial charge in [-0.3, -0.25) is 0 Å². The first-order valence-corrected chi connectivity index (χ1v) is 6.87. The summed E-state index contributed by atoms with van der Waals surface area (Å²) in [4.78, 5) is 0. The van der Waals surface area contributed by atoms with Gasteiger partial charge in [-0.05, 0) is 42.3 Å². The molecule has 3 nitrogen and oxygen atoms in total. The van der Waals surface area contributed by atoms with Crippen molar-refractivity contribution in [2.24, 2.45) is 0 Å². The van der Waals surface area contributed by atoms with Gasteiger partial charge >= 0.3 is 0 Å². The molecule has 110 valence electrons. The van der Waals surface area contributed by atoms with E-state index in [1.54, 1.807) is 38.3 Å². The maximum absolute atomic E-state index is 13.7. The SMILES string of the molecule is COc1ccc2c(c1)[C@@H](O)CC(c1ccc(C)c(F)c1)O2. The summed E-state index contributed by atoms with van der Waals surface area (Å²) < 4.78 is 24.7. The molecule has 4 heteroatoms. The van der Waals surface area contributed by atoms with Crippen molar-refractivity contribution in [2.45, 2.75) is 25.6 Å². The Morgan fingerprint density at radius 3 is 2.76 bits per heavy atom. The van der Waals surface area contributed by atoms with Crippen molar-refractivity contribution in [2.75, 3.05) is 7.11 Å². The molecule has 3 rings (SSSR count). The van der Waals surface area contributed by atoms with E-state index in [0.717, 1.165) is 5.56 Å². The minimum Gasteiger partial charge on any atom is -0.497 e. The van der Waals surface area contributed by atoms with Crippen LogP contribution in [0, 0.1) is 12.7 Å². The van der Waals surface area contributed by atoms with Gasteiger partial charge in [0, 0.05) is 12.0 Å². The monoisotopic (exact) mass is 288 g/mol. The summed E-state index contributed by atoms with van der Waals surface area (Å²) in [6.07, 6.45) is -0.614. The molecular weight excluding hydrogens is 271 g/mol.